The summed E-state index contributed by atoms with van der Waals surface area (Å²) in [5.41, 5.74) is 1.57. The van der Waals surface area contributed by atoms with E-state index in [4.69, 9.17) is 16.3 Å². The molecule has 0 aliphatic carbocycles. The predicted molar refractivity (Wildman–Crippen MR) is 104 cm³/mol. The maximum atomic E-state index is 12.9. The number of ether oxygens (including phenoxy) is 1. The van der Waals surface area contributed by atoms with E-state index in [2.05, 4.69) is 24.1 Å². The van der Waals surface area contributed by atoms with Gasteiger partial charge in [-0.2, -0.15) is 0 Å². The molecule has 5 nitrogen and oxygen atoms in total. The number of anilines is 1. The Kier molecular flexibility index (Phi) is 5.99. The van der Waals surface area contributed by atoms with Gasteiger partial charge in [0.05, 0.1) is 0 Å². The number of likely N-dealkylation sites (tertiary alicyclic amines) is 1. The van der Waals surface area contributed by atoms with E-state index in [0.29, 0.717) is 29.5 Å². The van der Waals surface area contributed by atoms with Gasteiger partial charge in [-0.1, -0.05) is 11.6 Å². The number of pyridine rings is 1. The Morgan fingerprint density at radius 3 is 2.62 bits per heavy atom. The third kappa shape index (κ3) is 4.47. The summed E-state index contributed by atoms with van der Waals surface area (Å²) in [6.45, 7) is 5.29. The summed E-state index contributed by atoms with van der Waals surface area (Å²) in [5.74, 6) is 0.627. The Bertz CT molecular complexity index is 744. The number of nitrogens with zero attached hydrogens (tertiary/aromatic N) is 2. The number of hydrogen-bond donors (Lipinski definition) is 1. The maximum absolute atomic E-state index is 12.9. The highest BCUT2D eigenvalue weighted by Crippen LogP contribution is 2.28. The van der Waals surface area contributed by atoms with Gasteiger partial charge in [0, 0.05) is 47.3 Å². The second-order valence-electron chi connectivity index (χ2n) is 6.67. The molecule has 1 saturated heterocycles. The van der Waals surface area contributed by atoms with Crippen LogP contribution >= 0.6 is 11.6 Å². The molecule has 2 aromatic rings. The fourth-order valence-corrected chi connectivity index (χ4v) is 3.57. The standard InChI is InChI=1S/C20H24ClN3O2/c1-14-3-4-15(2)24(14)20(25)16-11-17(21)13-19(12-16)26-10-9-23-18-5-7-22-8-6-18/h5-8,11-15H,3-4,9-10H2,1-2H3,(H,22,23). The number of amides is 1. The molecule has 1 fully saturated rings. The lowest BCUT2D eigenvalue weighted by Crippen LogP contribution is -2.38. The zero-order valence-corrected chi connectivity index (χ0v) is 15.9. The van der Waals surface area contributed by atoms with Gasteiger partial charge >= 0.3 is 0 Å². The number of hydrogen-bond acceptors (Lipinski definition) is 4. The first-order chi connectivity index (χ1) is 12.5. The van der Waals surface area contributed by atoms with Crippen molar-refractivity contribution in [3.8, 4) is 5.75 Å². The van der Waals surface area contributed by atoms with Gasteiger partial charge in [0.1, 0.15) is 12.4 Å². The lowest BCUT2D eigenvalue weighted by Gasteiger charge is -2.26. The first kappa shape index (κ1) is 18.5. The van der Waals surface area contributed by atoms with Gasteiger partial charge in [0.15, 0.2) is 0 Å². The fraction of sp³-hybridized carbons (Fsp3) is 0.400. The van der Waals surface area contributed by atoms with Crippen LogP contribution in [-0.2, 0) is 0 Å². The van der Waals surface area contributed by atoms with E-state index in [1.807, 2.05) is 17.0 Å². The Labute approximate surface area is 159 Å². The molecule has 1 aromatic heterocycles. The lowest BCUT2D eigenvalue weighted by atomic mass is 10.1. The average molecular weight is 374 g/mol. The Balaban J connectivity index is 1.61. The van der Waals surface area contributed by atoms with Crippen molar-refractivity contribution in [3.05, 3.63) is 53.3 Å². The summed E-state index contributed by atoms with van der Waals surface area (Å²) in [7, 11) is 0. The molecule has 2 heterocycles. The molecule has 1 amide bonds. The van der Waals surface area contributed by atoms with Crippen LogP contribution in [0.3, 0.4) is 0 Å². The van der Waals surface area contributed by atoms with Crippen molar-refractivity contribution in [2.75, 3.05) is 18.5 Å². The topological polar surface area (TPSA) is 54.5 Å². The Hall–Kier alpha value is -2.27. The summed E-state index contributed by atoms with van der Waals surface area (Å²) < 4.78 is 5.78. The number of nitrogens with one attached hydrogen (secondary N) is 1. The Morgan fingerprint density at radius 2 is 1.92 bits per heavy atom. The summed E-state index contributed by atoms with van der Waals surface area (Å²) in [6, 6.07) is 9.53. The molecule has 138 valence electrons. The van der Waals surface area contributed by atoms with Gasteiger partial charge in [-0.3, -0.25) is 9.78 Å². The van der Waals surface area contributed by atoms with Crippen molar-refractivity contribution < 1.29 is 9.53 Å². The van der Waals surface area contributed by atoms with Gasteiger partial charge in [0.25, 0.3) is 5.91 Å². The van der Waals surface area contributed by atoms with E-state index in [1.54, 1.807) is 30.6 Å². The van der Waals surface area contributed by atoms with Crippen LogP contribution in [0.2, 0.25) is 5.02 Å². The summed E-state index contributed by atoms with van der Waals surface area (Å²) in [4.78, 5) is 18.8. The summed E-state index contributed by atoms with van der Waals surface area (Å²) in [6.07, 6.45) is 5.55. The predicted octanol–water partition coefficient (Wildman–Crippen LogP) is 4.24. The highest BCUT2D eigenvalue weighted by atomic mass is 35.5. The summed E-state index contributed by atoms with van der Waals surface area (Å²) in [5, 5.41) is 3.76. The quantitative estimate of drug-likeness (QED) is 0.769. The van der Waals surface area contributed by atoms with Crippen molar-refractivity contribution >= 4 is 23.2 Å². The molecular formula is C20H24ClN3O2. The molecule has 0 spiro atoms. The maximum Gasteiger partial charge on any atom is 0.254 e. The SMILES string of the molecule is CC1CCC(C)N1C(=O)c1cc(Cl)cc(OCCNc2ccncc2)c1. The van der Waals surface area contributed by atoms with Crippen LogP contribution in [0.4, 0.5) is 5.69 Å². The molecular weight excluding hydrogens is 350 g/mol. The van der Waals surface area contributed by atoms with Crippen molar-refractivity contribution in [3.63, 3.8) is 0 Å². The summed E-state index contributed by atoms with van der Waals surface area (Å²) >= 11 is 6.21. The number of halogens is 1. The molecule has 1 aliphatic heterocycles. The van der Waals surface area contributed by atoms with Gasteiger partial charge in [-0.25, -0.2) is 0 Å². The second kappa shape index (κ2) is 8.41. The van der Waals surface area contributed by atoms with Crippen molar-refractivity contribution in [2.45, 2.75) is 38.8 Å². The Morgan fingerprint density at radius 1 is 1.23 bits per heavy atom. The number of carbonyl (C=O) groups excluding carboxylic acids is 1. The van der Waals surface area contributed by atoms with E-state index in [0.717, 1.165) is 18.5 Å². The van der Waals surface area contributed by atoms with Crippen LogP contribution < -0.4 is 10.1 Å². The minimum Gasteiger partial charge on any atom is -0.492 e. The molecule has 2 unspecified atom stereocenters. The van der Waals surface area contributed by atoms with E-state index < -0.39 is 0 Å². The minimum atomic E-state index is 0.0183. The highest BCUT2D eigenvalue weighted by molar-refractivity contribution is 6.31. The molecule has 1 aromatic carbocycles. The molecule has 3 rings (SSSR count). The lowest BCUT2D eigenvalue weighted by molar-refractivity contribution is 0.0692. The molecule has 0 radical (unpaired) electrons. The molecule has 26 heavy (non-hydrogen) atoms. The smallest absolute Gasteiger partial charge is 0.254 e. The van der Waals surface area contributed by atoms with Crippen LogP contribution in [0.25, 0.3) is 0 Å². The van der Waals surface area contributed by atoms with Crippen molar-refractivity contribution in [1.82, 2.24) is 9.88 Å². The second-order valence-corrected chi connectivity index (χ2v) is 7.11. The van der Waals surface area contributed by atoms with E-state index in [-0.39, 0.29) is 18.0 Å². The fourth-order valence-electron chi connectivity index (χ4n) is 3.35. The monoisotopic (exact) mass is 373 g/mol. The number of aromatic nitrogens is 1. The number of benzene rings is 1. The first-order valence-electron chi connectivity index (χ1n) is 8.94. The van der Waals surface area contributed by atoms with Crippen LogP contribution in [0.5, 0.6) is 5.75 Å². The third-order valence-corrected chi connectivity index (χ3v) is 4.90. The molecule has 6 heteroatoms. The van der Waals surface area contributed by atoms with Crippen LogP contribution in [0, 0.1) is 0 Å². The minimum absolute atomic E-state index is 0.0183. The zero-order chi connectivity index (χ0) is 18.5. The van der Waals surface area contributed by atoms with E-state index in [9.17, 15) is 4.79 Å². The molecule has 1 N–H and O–H groups in total. The number of rotatable bonds is 6. The average Bonchev–Trinajstić information content (AvgIpc) is 2.97. The number of carbonyl (C=O) groups is 1. The first-order valence-corrected chi connectivity index (χ1v) is 9.32. The van der Waals surface area contributed by atoms with Crippen LogP contribution in [0.1, 0.15) is 37.0 Å². The van der Waals surface area contributed by atoms with E-state index in [1.165, 1.54) is 0 Å². The molecule has 2 atom stereocenters. The van der Waals surface area contributed by atoms with Gasteiger partial charge in [-0.15, -0.1) is 0 Å². The van der Waals surface area contributed by atoms with E-state index >= 15 is 0 Å². The van der Waals surface area contributed by atoms with Gasteiger partial charge in [-0.05, 0) is 57.0 Å². The van der Waals surface area contributed by atoms with Crippen LogP contribution in [0.15, 0.2) is 42.7 Å². The van der Waals surface area contributed by atoms with Crippen molar-refractivity contribution in [2.24, 2.45) is 0 Å². The normalized spacial score (nSPS) is 19.4. The largest absolute Gasteiger partial charge is 0.492 e. The third-order valence-electron chi connectivity index (χ3n) is 4.68. The highest BCUT2D eigenvalue weighted by Gasteiger charge is 2.32. The molecule has 0 bridgehead atoms. The van der Waals surface area contributed by atoms with Gasteiger partial charge in [0.2, 0.25) is 0 Å². The van der Waals surface area contributed by atoms with Crippen LogP contribution in [-0.4, -0.2) is 41.0 Å². The molecule has 1 aliphatic rings. The molecule has 0 saturated carbocycles. The van der Waals surface area contributed by atoms with Crippen molar-refractivity contribution in [1.29, 1.82) is 0 Å². The van der Waals surface area contributed by atoms with Gasteiger partial charge < -0.3 is 15.0 Å². The zero-order valence-electron chi connectivity index (χ0n) is 15.1.